The zero-order valence-electron chi connectivity index (χ0n) is 16.7. The lowest BCUT2D eigenvalue weighted by Crippen LogP contribution is -2.51. The zero-order valence-corrected chi connectivity index (χ0v) is 17.5. The largest absolute Gasteiger partial charge is 0.442 e. The van der Waals surface area contributed by atoms with Gasteiger partial charge in [-0.3, -0.25) is 4.79 Å². The van der Waals surface area contributed by atoms with Gasteiger partial charge in [0.2, 0.25) is 16.9 Å². The molecule has 2 aromatic rings. The summed E-state index contributed by atoms with van der Waals surface area (Å²) in [6, 6.07) is 0. The van der Waals surface area contributed by atoms with Crippen molar-refractivity contribution in [2.24, 2.45) is 5.41 Å². The molecule has 1 amide bonds. The van der Waals surface area contributed by atoms with Crippen molar-refractivity contribution in [3.05, 3.63) is 18.6 Å². The number of thiazole rings is 1. The molecular formula is C20H25N5O4S. The van der Waals surface area contributed by atoms with Gasteiger partial charge in [0.25, 0.3) is 0 Å². The highest BCUT2D eigenvalue weighted by molar-refractivity contribution is 7.17. The zero-order chi connectivity index (χ0) is 20.6. The van der Waals surface area contributed by atoms with Crippen molar-refractivity contribution < 1.29 is 19.4 Å². The second-order valence-electron chi connectivity index (χ2n) is 8.36. The number of ether oxygens (including phenoxy) is 2. The van der Waals surface area contributed by atoms with Crippen LogP contribution in [-0.4, -0.2) is 57.9 Å². The Bertz CT molecular complexity index is 888. The van der Waals surface area contributed by atoms with Crippen LogP contribution in [0.2, 0.25) is 0 Å². The van der Waals surface area contributed by atoms with Crippen LogP contribution in [-0.2, 0) is 9.53 Å². The number of aromatic nitrogens is 3. The Morgan fingerprint density at radius 2 is 1.73 bits per heavy atom. The van der Waals surface area contributed by atoms with Crippen LogP contribution in [0.5, 0.6) is 10.8 Å². The van der Waals surface area contributed by atoms with Gasteiger partial charge in [0.15, 0.2) is 10.9 Å². The third-order valence-corrected chi connectivity index (χ3v) is 7.31. The molecule has 3 heterocycles. The molecule has 1 saturated heterocycles. The van der Waals surface area contributed by atoms with Gasteiger partial charge in [-0.05, 0) is 38.5 Å². The molecule has 2 N–H and O–H groups in total. The predicted octanol–water partition coefficient (Wildman–Crippen LogP) is 2.59. The van der Waals surface area contributed by atoms with Crippen LogP contribution in [0.15, 0.2) is 18.6 Å². The molecule has 3 aliphatic carbocycles. The number of carbonyl (C=O) groups is 1. The number of carbonyl (C=O) groups excluding carboxylic acids is 1. The maximum absolute atomic E-state index is 12.9. The van der Waals surface area contributed by atoms with E-state index in [2.05, 4.69) is 25.2 Å². The van der Waals surface area contributed by atoms with Gasteiger partial charge in [0.05, 0.1) is 37.4 Å². The van der Waals surface area contributed by atoms with Gasteiger partial charge in [-0.25, -0.2) is 15.0 Å². The number of rotatable bonds is 5. The molecule has 4 fully saturated rings. The van der Waals surface area contributed by atoms with Crippen LogP contribution in [0.4, 0.5) is 11.1 Å². The summed E-state index contributed by atoms with van der Waals surface area (Å²) in [7, 11) is 0. The van der Waals surface area contributed by atoms with Gasteiger partial charge in [0.1, 0.15) is 0 Å². The van der Waals surface area contributed by atoms with Crippen molar-refractivity contribution in [3.8, 4) is 10.8 Å². The summed E-state index contributed by atoms with van der Waals surface area (Å²) in [4.78, 5) is 28.0. The first kappa shape index (κ1) is 19.7. The van der Waals surface area contributed by atoms with E-state index >= 15 is 0 Å². The van der Waals surface area contributed by atoms with Gasteiger partial charge < -0.3 is 24.8 Å². The maximum atomic E-state index is 12.9. The minimum absolute atomic E-state index is 0.00310. The molecule has 0 atom stereocenters. The van der Waals surface area contributed by atoms with Crippen LogP contribution in [0.3, 0.4) is 0 Å². The summed E-state index contributed by atoms with van der Waals surface area (Å²) in [5.74, 6) is 1.18. The summed E-state index contributed by atoms with van der Waals surface area (Å²) in [6.45, 7) is 2.91. The number of anilines is 2. The van der Waals surface area contributed by atoms with Crippen molar-refractivity contribution in [1.29, 1.82) is 0 Å². The number of amides is 1. The summed E-state index contributed by atoms with van der Waals surface area (Å²) in [6.07, 6.45) is 9.17. The SMILES string of the molecule is O=C(Nc1ncc(Oc2cnc(N3CCOCC3)nc2)s1)C12CCC(O)(CC1)CC2. The lowest BCUT2D eigenvalue weighted by Gasteiger charge is -2.49. The van der Waals surface area contributed by atoms with E-state index < -0.39 is 5.60 Å². The molecule has 4 aliphatic rings. The Kier molecular flexibility index (Phi) is 5.08. The molecule has 0 spiro atoms. The second kappa shape index (κ2) is 7.75. The third-order valence-electron chi connectivity index (χ3n) is 6.52. The van der Waals surface area contributed by atoms with Crippen molar-refractivity contribution in [2.75, 3.05) is 36.5 Å². The van der Waals surface area contributed by atoms with E-state index in [4.69, 9.17) is 9.47 Å². The van der Waals surface area contributed by atoms with E-state index in [-0.39, 0.29) is 11.3 Å². The van der Waals surface area contributed by atoms with Gasteiger partial charge >= 0.3 is 0 Å². The van der Waals surface area contributed by atoms with Gasteiger partial charge in [-0.2, -0.15) is 0 Å². The monoisotopic (exact) mass is 431 g/mol. The minimum Gasteiger partial charge on any atom is -0.442 e. The molecule has 3 saturated carbocycles. The Morgan fingerprint density at radius 1 is 1.07 bits per heavy atom. The normalized spacial score (nSPS) is 28.4. The molecule has 9 nitrogen and oxygen atoms in total. The first-order chi connectivity index (χ1) is 14.5. The number of hydrogen-bond acceptors (Lipinski definition) is 9. The lowest BCUT2D eigenvalue weighted by atomic mass is 9.58. The molecule has 30 heavy (non-hydrogen) atoms. The molecule has 10 heteroatoms. The van der Waals surface area contributed by atoms with Crippen molar-refractivity contribution >= 4 is 28.3 Å². The van der Waals surface area contributed by atoms with Gasteiger partial charge in [-0.1, -0.05) is 11.3 Å². The fraction of sp³-hybridized carbons (Fsp3) is 0.600. The van der Waals surface area contributed by atoms with Crippen LogP contribution in [0.25, 0.3) is 0 Å². The van der Waals surface area contributed by atoms with E-state index in [1.165, 1.54) is 11.3 Å². The Morgan fingerprint density at radius 3 is 2.40 bits per heavy atom. The van der Waals surface area contributed by atoms with Crippen LogP contribution >= 0.6 is 11.3 Å². The Balaban J connectivity index is 1.19. The quantitative estimate of drug-likeness (QED) is 0.743. The van der Waals surface area contributed by atoms with Crippen LogP contribution in [0, 0.1) is 5.41 Å². The van der Waals surface area contributed by atoms with Crippen LogP contribution < -0.4 is 15.0 Å². The molecule has 2 bridgehead atoms. The highest BCUT2D eigenvalue weighted by Crippen LogP contribution is 2.52. The first-order valence-corrected chi connectivity index (χ1v) is 11.2. The summed E-state index contributed by atoms with van der Waals surface area (Å²) < 4.78 is 11.1. The second-order valence-corrected chi connectivity index (χ2v) is 9.36. The maximum Gasteiger partial charge on any atom is 0.232 e. The third kappa shape index (κ3) is 3.86. The van der Waals surface area contributed by atoms with Crippen molar-refractivity contribution in [2.45, 2.75) is 44.1 Å². The molecule has 0 aromatic carbocycles. The molecule has 1 aliphatic heterocycles. The number of morpholine rings is 1. The average molecular weight is 432 g/mol. The lowest BCUT2D eigenvalue weighted by molar-refractivity contribution is -0.142. The molecule has 160 valence electrons. The number of nitrogens with zero attached hydrogens (tertiary/aromatic N) is 4. The van der Waals surface area contributed by atoms with Gasteiger partial charge in [-0.15, -0.1) is 0 Å². The predicted molar refractivity (Wildman–Crippen MR) is 111 cm³/mol. The fourth-order valence-corrected chi connectivity index (χ4v) is 5.19. The topological polar surface area (TPSA) is 110 Å². The number of hydrogen-bond donors (Lipinski definition) is 2. The highest BCUT2D eigenvalue weighted by atomic mass is 32.1. The number of aliphatic hydroxyl groups is 1. The van der Waals surface area contributed by atoms with Crippen LogP contribution in [0.1, 0.15) is 38.5 Å². The van der Waals surface area contributed by atoms with Crippen molar-refractivity contribution in [3.63, 3.8) is 0 Å². The summed E-state index contributed by atoms with van der Waals surface area (Å²) in [5.41, 5.74) is -0.927. The van der Waals surface area contributed by atoms with E-state index in [9.17, 15) is 9.90 Å². The van der Waals surface area contributed by atoms with E-state index in [0.717, 1.165) is 32.4 Å². The number of fused-ring (bicyclic) bond motifs is 3. The highest BCUT2D eigenvalue weighted by Gasteiger charge is 2.51. The van der Waals surface area contributed by atoms with E-state index in [0.29, 0.717) is 54.4 Å². The molecule has 6 rings (SSSR count). The average Bonchev–Trinajstić information content (AvgIpc) is 3.22. The molecular weight excluding hydrogens is 406 g/mol. The molecule has 0 unspecified atom stereocenters. The van der Waals surface area contributed by atoms with E-state index in [1.54, 1.807) is 18.6 Å². The molecule has 0 radical (unpaired) electrons. The first-order valence-electron chi connectivity index (χ1n) is 10.4. The number of nitrogens with one attached hydrogen (secondary N) is 1. The standard InChI is InChI=1S/C20H25N5O4S/c26-16(19-1-4-20(27,5-2-19)6-3-19)24-18-23-13-15(30-18)29-14-11-21-17(22-12-14)25-7-9-28-10-8-25/h11-13,27H,1-10H2,(H,23,24,26). The Hall–Kier alpha value is -2.30. The smallest absolute Gasteiger partial charge is 0.232 e. The molecule has 2 aromatic heterocycles. The summed E-state index contributed by atoms with van der Waals surface area (Å²) in [5, 5.41) is 14.4. The van der Waals surface area contributed by atoms with Gasteiger partial charge in [0, 0.05) is 18.5 Å². The Labute approximate surface area is 178 Å². The van der Waals surface area contributed by atoms with Crippen molar-refractivity contribution in [1.82, 2.24) is 15.0 Å². The minimum atomic E-state index is -0.552. The fourth-order valence-electron chi connectivity index (χ4n) is 4.51. The van der Waals surface area contributed by atoms with E-state index in [1.807, 2.05) is 0 Å². The summed E-state index contributed by atoms with van der Waals surface area (Å²) >= 11 is 1.28.